The molecule has 0 aromatic heterocycles. The molecule has 4 nitrogen and oxygen atoms in total. The molecule has 0 saturated heterocycles. The van der Waals surface area contributed by atoms with Crippen molar-refractivity contribution in [1.29, 1.82) is 5.26 Å². The molecule has 0 aromatic carbocycles. The molecule has 1 fully saturated rings. The molecule has 2 aliphatic carbocycles. The minimum absolute atomic E-state index is 0.126. The van der Waals surface area contributed by atoms with E-state index in [1.165, 1.54) is 6.08 Å². The molecule has 3 atom stereocenters. The Morgan fingerprint density at radius 3 is 2.59 bits per heavy atom. The molecule has 2 rings (SSSR count). The number of ether oxygens (including phenoxy) is 2. The van der Waals surface area contributed by atoms with Crippen molar-refractivity contribution in [3.8, 4) is 6.07 Å². The molecule has 0 aliphatic heterocycles. The maximum Gasteiger partial charge on any atom is 0.311 e. The van der Waals surface area contributed by atoms with Crippen molar-refractivity contribution < 1.29 is 14.3 Å². The van der Waals surface area contributed by atoms with E-state index in [0.29, 0.717) is 17.1 Å². The number of hydrogen-bond donors (Lipinski definition) is 0. The number of esters is 1. The Morgan fingerprint density at radius 1 is 1.38 bits per heavy atom. The molecule has 0 spiro atoms. The summed E-state index contributed by atoms with van der Waals surface area (Å²) in [6.07, 6.45) is 9.59. The largest absolute Gasteiger partial charge is 0.458 e. The average molecular weight is 434 g/mol. The van der Waals surface area contributed by atoms with Crippen molar-refractivity contribution in [3.05, 3.63) is 70.7 Å². The van der Waals surface area contributed by atoms with Gasteiger partial charge in [-0.05, 0) is 49.0 Å². The zero-order valence-corrected chi connectivity index (χ0v) is 18.4. The average Bonchev–Trinajstić information content (AvgIpc) is 3.26. The van der Waals surface area contributed by atoms with E-state index >= 15 is 0 Å². The molecule has 0 aromatic rings. The number of hydrogen-bond acceptors (Lipinski definition) is 4. The van der Waals surface area contributed by atoms with E-state index in [1.54, 1.807) is 13.0 Å². The van der Waals surface area contributed by atoms with E-state index in [2.05, 4.69) is 13.2 Å². The van der Waals surface area contributed by atoms with Gasteiger partial charge in [0.15, 0.2) is 0 Å². The second-order valence-corrected chi connectivity index (χ2v) is 8.62. The lowest BCUT2D eigenvalue weighted by atomic mass is 10.1. The van der Waals surface area contributed by atoms with Gasteiger partial charge in [-0.2, -0.15) is 5.26 Å². The molecule has 2 aliphatic rings. The Kier molecular flexibility index (Phi) is 7.57. The van der Waals surface area contributed by atoms with E-state index in [1.807, 2.05) is 38.1 Å². The van der Waals surface area contributed by atoms with Gasteiger partial charge in [0, 0.05) is 11.5 Å². The minimum atomic E-state index is -1.12. The summed E-state index contributed by atoms with van der Waals surface area (Å²) in [4.78, 5) is 12.7. The van der Waals surface area contributed by atoms with Crippen LogP contribution in [0.4, 0.5) is 0 Å². The number of carbonyl (C=O) groups excluding carboxylic acids is 1. The maximum absolute atomic E-state index is 12.7. The first-order chi connectivity index (χ1) is 13.6. The monoisotopic (exact) mass is 433 g/mol. The maximum atomic E-state index is 12.7. The third kappa shape index (κ3) is 5.44. The molecule has 0 amide bonds. The number of allylic oxidation sites excluding steroid dienone is 5. The van der Waals surface area contributed by atoms with Crippen LogP contribution in [0.25, 0.3) is 0 Å². The highest BCUT2D eigenvalue weighted by atomic mass is 35.5. The summed E-state index contributed by atoms with van der Waals surface area (Å²) in [7, 11) is 0. The molecule has 0 bridgehead atoms. The van der Waals surface area contributed by atoms with Crippen LogP contribution in [0.15, 0.2) is 70.7 Å². The highest BCUT2D eigenvalue weighted by Gasteiger charge is 2.63. The first kappa shape index (κ1) is 23.1. The van der Waals surface area contributed by atoms with E-state index < -0.39 is 18.0 Å². The number of rotatable bonds is 8. The number of nitriles is 1. The van der Waals surface area contributed by atoms with E-state index in [-0.39, 0.29) is 15.8 Å². The first-order valence-electron chi connectivity index (χ1n) is 9.32. The van der Waals surface area contributed by atoms with Gasteiger partial charge >= 0.3 is 5.97 Å². The summed E-state index contributed by atoms with van der Waals surface area (Å²) in [5, 5.41) is 9.55. The Labute approximate surface area is 182 Å². The van der Waals surface area contributed by atoms with Gasteiger partial charge in [0.2, 0.25) is 6.10 Å². The van der Waals surface area contributed by atoms with Crippen molar-refractivity contribution in [2.75, 3.05) is 0 Å². The van der Waals surface area contributed by atoms with Crippen LogP contribution in [0, 0.1) is 28.6 Å². The van der Waals surface area contributed by atoms with E-state index in [9.17, 15) is 10.1 Å². The molecule has 0 radical (unpaired) electrons. The Hall–Kier alpha value is -2.22. The van der Waals surface area contributed by atoms with Gasteiger partial charge < -0.3 is 9.47 Å². The summed E-state index contributed by atoms with van der Waals surface area (Å²) in [5.74, 6) is -0.00839. The van der Waals surface area contributed by atoms with Crippen LogP contribution in [0.3, 0.4) is 0 Å². The lowest BCUT2D eigenvalue weighted by molar-refractivity contribution is -0.147. The zero-order chi connectivity index (χ0) is 21.8. The first-order valence-corrected chi connectivity index (χ1v) is 10.1. The lowest BCUT2D eigenvalue weighted by Crippen LogP contribution is -2.21. The molecule has 0 N–H and O–H groups in total. The van der Waals surface area contributed by atoms with Gasteiger partial charge in [0.25, 0.3) is 0 Å². The van der Waals surface area contributed by atoms with E-state index in [4.69, 9.17) is 32.7 Å². The highest BCUT2D eigenvalue weighted by Crippen LogP contribution is 2.63. The van der Waals surface area contributed by atoms with Crippen LogP contribution in [-0.4, -0.2) is 12.1 Å². The van der Waals surface area contributed by atoms with Crippen LogP contribution >= 0.6 is 23.2 Å². The van der Waals surface area contributed by atoms with Crippen molar-refractivity contribution in [2.45, 2.75) is 39.7 Å². The topological polar surface area (TPSA) is 59.3 Å². The van der Waals surface area contributed by atoms with Crippen LogP contribution in [0.5, 0.6) is 0 Å². The van der Waals surface area contributed by atoms with Crippen molar-refractivity contribution in [1.82, 2.24) is 0 Å². The molecule has 1 saturated carbocycles. The zero-order valence-electron chi connectivity index (χ0n) is 16.9. The predicted molar refractivity (Wildman–Crippen MR) is 116 cm³/mol. The molecule has 29 heavy (non-hydrogen) atoms. The number of halogens is 2. The highest BCUT2D eigenvalue weighted by molar-refractivity contribution is 6.56. The molecular weight excluding hydrogens is 409 g/mol. The van der Waals surface area contributed by atoms with Crippen molar-refractivity contribution >= 4 is 29.2 Å². The SMILES string of the molecule is C=CC(=CC(=C)OC1=CCCC=C1)[C@H](C#N)OC(=O)[C@H]1[C@@H](C(C)=C(Cl)Cl)C1(C)C. The van der Waals surface area contributed by atoms with E-state index in [0.717, 1.165) is 18.4 Å². The molecule has 0 heterocycles. The Balaban J connectivity index is 2.10. The van der Waals surface area contributed by atoms with Crippen molar-refractivity contribution in [3.63, 3.8) is 0 Å². The Morgan fingerprint density at radius 2 is 2.07 bits per heavy atom. The van der Waals surface area contributed by atoms with Crippen LogP contribution in [0.1, 0.15) is 33.6 Å². The second kappa shape index (κ2) is 9.52. The fourth-order valence-corrected chi connectivity index (χ4v) is 3.87. The van der Waals surface area contributed by atoms with Gasteiger partial charge in [-0.1, -0.05) is 62.4 Å². The fraction of sp³-hybridized carbons (Fsp3) is 0.391. The number of nitrogens with zero attached hydrogens (tertiary/aromatic N) is 1. The molecule has 154 valence electrons. The van der Waals surface area contributed by atoms with Gasteiger partial charge in [-0.25, -0.2) is 0 Å². The van der Waals surface area contributed by atoms with Gasteiger partial charge in [-0.15, -0.1) is 0 Å². The Bertz CT molecular complexity index is 867. The second-order valence-electron chi connectivity index (χ2n) is 7.67. The summed E-state index contributed by atoms with van der Waals surface area (Å²) < 4.78 is 11.3. The lowest BCUT2D eigenvalue weighted by Gasteiger charge is -2.14. The summed E-state index contributed by atoms with van der Waals surface area (Å²) in [6.45, 7) is 13.2. The van der Waals surface area contributed by atoms with Gasteiger partial charge in [0.1, 0.15) is 22.1 Å². The molecule has 6 heteroatoms. The van der Waals surface area contributed by atoms with Crippen LogP contribution in [-0.2, 0) is 14.3 Å². The standard InChI is InChI=1S/C23H25Cl2NO3/c1-6-16(12-14(2)28-17-10-8-7-9-11-17)18(13-26)29-22(27)20-19(23(20,4)5)15(3)21(24)25/h6,8,10-12,18-20H,1-2,7,9H2,3-5H3/t18-,19+,20+/m0/s1. The third-order valence-electron chi connectivity index (χ3n) is 5.27. The molecule has 0 unspecified atom stereocenters. The smallest absolute Gasteiger partial charge is 0.311 e. The predicted octanol–water partition coefficient (Wildman–Crippen LogP) is 6.28. The van der Waals surface area contributed by atoms with Gasteiger partial charge in [0.05, 0.1) is 5.92 Å². The quantitative estimate of drug-likeness (QED) is 0.256. The summed E-state index contributed by atoms with van der Waals surface area (Å²) in [6, 6.07) is 2.00. The van der Waals surface area contributed by atoms with Crippen LogP contribution in [0.2, 0.25) is 0 Å². The third-order valence-corrected chi connectivity index (χ3v) is 5.87. The van der Waals surface area contributed by atoms with Crippen molar-refractivity contribution in [2.24, 2.45) is 17.3 Å². The summed E-state index contributed by atoms with van der Waals surface area (Å²) >= 11 is 11.8. The van der Waals surface area contributed by atoms with Gasteiger partial charge in [-0.3, -0.25) is 4.79 Å². The normalized spacial score (nSPS) is 23.2. The molecular formula is C23H25Cl2NO3. The fourth-order valence-electron chi connectivity index (χ4n) is 3.64. The number of carbonyl (C=O) groups is 1. The van der Waals surface area contributed by atoms with Crippen LogP contribution < -0.4 is 0 Å². The summed E-state index contributed by atoms with van der Waals surface area (Å²) in [5.41, 5.74) is 0.786. The minimum Gasteiger partial charge on any atom is -0.458 e.